The van der Waals surface area contributed by atoms with Crippen molar-refractivity contribution in [3.05, 3.63) is 35.8 Å². The molecule has 1 aromatic rings. The molecule has 3 rings (SSSR count). The summed E-state index contributed by atoms with van der Waals surface area (Å²) in [5, 5.41) is 0. The van der Waals surface area contributed by atoms with Gasteiger partial charge >= 0.3 is 5.97 Å². The molecule has 1 saturated carbocycles. The van der Waals surface area contributed by atoms with Gasteiger partial charge in [-0.25, -0.2) is 0 Å². The number of ether oxygens (including phenoxy) is 1. The van der Waals surface area contributed by atoms with E-state index in [0.717, 1.165) is 32.1 Å². The molecule has 0 aliphatic heterocycles. The van der Waals surface area contributed by atoms with Gasteiger partial charge < -0.3 is 9.15 Å². The monoisotopic (exact) mass is 330 g/mol. The molecule has 3 heteroatoms. The van der Waals surface area contributed by atoms with Crippen molar-refractivity contribution in [2.75, 3.05) is 7.11 Å². The minimum atomic E-state index is -0.0348. The van der Waals surface area contributed by atoms with Crippen LogP contribution in [0.5, 0.6) is 0 Å². The van der Waals surface area contributed by atoms with Crippen molar-refractivity contribution in [1.82, 2.24) is 0 Å². The van der Waals surface area contributed by atoms with Crippen LogP contribution >= 0.6 is 0 Å². The van der Waals surface area contributed by atoms with Crippen LogP contribution in [-0.2, 0) is 16.0 Å². The van der Waals surface area contributed by atoms with Crippen LogP contribution in [-0.4, -0.2) is 13.1 Å². The van der Waals surface area contributed by atoms with Crippen LogP contribution in [0.25, 0.3) is 0 Å². The van der Waals surface area contributed by atoms with Crippen LogP contribution in [0.15, 0.2) is 34.7 Å². The second-order valence-corrected chi connectivity index (χ2v) is 8.19. The number of fused-ring (bicyclic) bond motifs is 1. The molecule has 0 bridgehead atoms. The van der Waals surface area contributed by atoms with E-state index in [9.17, 15) is 4.79 Å². The maximum Gasteiger partial charge on any atom is 0.309 e. The summed E-state index contributed by atoms with van der Waals surface area (Å²) < 4.78 is 10.4. The Kier molecular flexibility index (Phi) is 4.63. The van der Waals surface area contributed by atoms with Crippen LogP contribution in [0.3, 0.4) is 0 Å². The summed E-state index contributed by atoms with van der Waals surface area (Å²) in [6.45, 7) is 7.02. The Labute approximate surface area is 145 Å². The van der Waals surface area contributed by atoms with Crippen LogP contribution in [0.4, 0.5) is 0 Å². The molecule has 3 nitrogen and oxygen atoms in total. The van der Waals surface area contributed by atoms with Crippen LogP contribution in [0, 0.1) is 22.7 Å². The van der Waals surface area contributed by atoms with Gasteiger partial charge in [0, 0.05) is 0 Å². The molecular formula is C21H30O3. The highest BCUT2D eigenvalue weighted by molar-refractivity contribution is 5.73. The van der Waals surface area contributed by atoms with E-state index in [0.29, 0.717) is 5.92 Å². The lowest BCUT2D eigenvalue weighted by Crippen LogP contribution is -2.52. The van der Waals surface area contributed by atoms with E-state index in [1.165, 1.54) is 24.7 Å². The van der Waals surface area contributed by atoms with E-state index in [4.69, 9.17) is 9.15 Å². The predicted molar refractivity (Wildman–Crippen MR) is 94.5 cm³/mol. The van der Waals surface area contributed by atoms with Gasteiger partial charge in [0.1, 0.15) is 0 Å². The van der Waals surface area contributed by atoms with Gasteiger partial charge in [-0.1, -0.05) is 25.5 Å². The number of esters is 1. The third-order valence-electron chi connectivity index (χ3n) is 7.14. The SMILES string of the molecule is COC(=O)C1CCC2(C)C(C)=CCCC2C1(C)CCc1ccoc1. The molecule has 0 N–H and O–H groups in total. The molecule has 2 aliphatic carbocycles. The molecular weight excluding hydrogens is 300 g/mol. The zero-order chi connectivity index (χ0) is 17.4. The molecule has 0 aromatic carbocycles. The molecule has 1 heterocycles. The third-order valence-corrected chi connectivity index (χ3v) is 7.14. The Morgan fingerprint density at radius 3 is 2.83 bits per heavy atom. The molecule has 24 heavy (non-hydrogen) atoms. The summed E-state index contributed by atoms with van der Waals surface area (Å²) in [7, 11) is 1.53. The molecule has 1 fully saturated rings. The lowest BCUT2D eigenvalue weighted by molar-refractivity contribution is -0.160. The highest BCUT2D eigenvalue weighted by atomic mass is 16.5. The van der Waals surface area contributed by atoms with Gasteiger partial charge in [0.15, 0.2) is 0 Å². The summed E-state index contributed by atoms with van der Waals surface area (Å²) in [5.41, 5.74) is 2.91. The highest BCUT2D eigenvalue weighted by Crippen LogP contribution is 2.62. The largest absolute Gasteiger partial charge is 0.472 e. The van der Waals surface area contributed by atoms with Crippen molar-refractivity contribution in [3.8, 4) is 0 Å². The number of hydrogen-bond donors (Lipinski definition) is 0. The lowest BCUT2D eigenvalue weighted by Gasteiger charge is -2.57. The van der Waals surface area contributed by atoms with Gasteiger partial charge in [-0.3, -0.25) is 4.79 Å². The van der Waals surface area contributed by atoms with Gasteiger partial charge in [-0.15, -0.1) is 0 Å². The Morgan fingerprint density at radius 2 is 2.17 bits per heavy atom. The Bertz CT molecular complexity index is 615. The summed E-state index contributed by atoms with van der Waals surface area (Å²) in [4.78, 5) is 12.5. The van der Waals surface area contributed by atoms with Crippen molar-refractivity contribution in [1.29, 1.82) is 0 Å². The Balaban J connectivity index is 1.93. The number of furan rings is 1. The Hall–Kier alpha value is -1.51. The number of allylic oxidation sites excluding steroid dienone is 2. The summed E-state index contributed by atoms with van der Waals surface area (Å²) in [5.74, 6) is 0.497. The molecule has 0 saturated heterocycles. The van der Waals surface area contributed by atoms with Gasteiger partial charge in [-0.05, 0) is 73.8 Å². The van der Waals surface area contributed by atoms with Crippen LogP contribution in [0.2, 0.25) is 0 Å². The first-order chi connectivity index (χ1) is 11.4. The number of hydrogen-bond acceptors (Lipinski definition) is 3. The average Bonchev–Trinajstić information content (AvgIpc) is 3.08. The lowest BCUT2D eigenvalue weighted by atomic mass is 9.46. The first-order valence-corrected chi connectivity index (χ1v) is 9.18. The van der Waals surface area contributed by atoms with Crippen molar-refractivity contribution >= 4 is 5.97 Å². The predicted octanol–water partition coefficient (Wildman–Crippen LogP) is 5.16. The van der Waals surface area contributed by atoms with Crippen molar-refractivity contribution in [3.63, 3.8) is 0 Å². The van der Waals surface area contributed by atoms with E-state index in [1.54, 1.807) is 6.26 Å². The topological polar surface area (TPSA) is 39.4 Å². The smallest absolute Gasteiger partial charge is 0.309 e. The molecule has 1 aromatic heterocycles. The fourth-order valence-electron chi connectivity index (χ4n) is 5.47. The first kappa shape index (κ1) is 17.3. The molecule has 0 radical (unpaired) electrons. The second kappa shape index (κ2) is 6.42. The van der Waals surface area contributed by atoms with E-state index in [2.05, 4.69) is 26.8 Å². The summed E-state index contributed by atoms with van der Waals surface area (Å²) in [6.07, 6.45) is 12.2. The normalized spacial score (nSPS) is 35.9. The second-order valence-electron chi connectivity index (χ2n) is 8.19. The summed E-state index contributed by atoms with van der Waals surface area (Å²) in [6, 6.07) is 2.03. The zero-order valence-electron chi connectivity index (χ0n) is 15.4. The van der Waals surface area contributed by atoms with E-state index in [-0.39, 0.29) is 22.7 Å². The van der Waals surface area contributed by atoms with Crippen LogP contribution < -0.4 is 0 Å². The molecule has 132 valence electrons. The van der Waals surface area contributed by atoms with Gasteiger partial charge in [-0.2, -0.15) is 0 Å². The van der Waals surface area contributed by atoms with Gasteiger partial charge in [0.25, 0.3) is 0 Å². The first-order valence-electron chi connectivity index (χ1n) is 9.18. The number of methoxy groups -OCH3 is 1. The number of carbonyl (C=O) groups excluding carboxylic acids is 1. The van der Waals surface area contributed by atoms with Gasteiger partial charge in [0.2, 0.25) is 0 Å². The van der Waals surface area contributed by atoms with Crippen molar-refractivity contribution < 1.29 is 13.9 Å². The van der Waals surface area contributed by atoms with Crippen LogP contribution in [0.1, 0.15) is 58.4 Å². The van der Waals surface area contributed by atoms with Crippen molar-refractivity contribution in [2.45, 2.75) is 59.3 Å². The minimum Gasteiger partial charge on any atom is -0.472 e. The van der Waals surface area contributed by atoms with E-state index in [1.807, 2.05) is 12.3 Å². The number of aryl methyl sites for hydroxylation is 1. The fourth-order valence-corrected chi connectivity index (χ4v) is 5.47. The van der Waals surface area contributed by atoms with Gasteiger partial charge in [0.05, 0.1) is 25.6 Å². The zero-order valence-corrected chi connectivity index (χ0v) is 15.4. The molecule has 4 unspecified atom stereocenters. The fraction of sp³-hybridized carbons (Fsp3) is 0.667. The van der Waals surface area contributed by atoms with E-state index < -0.39 is 0 Å². The molecule has 0 spiro atoms. The third kappa shape index (κ3) is 2.72. The molecule has 2 aliphatic rings. The maximum atomic E-state index is 12.5. The Morgan fingerprint density at radius 1 is 1.38 bits per heavy atom. The standard InChI is InChI=1S/C21H30O3/c1-15-6-5-7-18-20(15,2)12-9-17(19(22)23-4)21(18,3)11-8-16-10-13-24-14-16/h6,10,13-14,17-18H,5,7-9,11-12H2,1-4H3. The molecule has 4 atom stereocenters. The number of rotatable bonds is 4. The van der Waals surface area contributed by atoms with E-state index >= 15 is 0 Å². The summed E-state index contributed by atoms with van der Waals surface area (Å²) >= 11 is 0. The highest BCUT2D eigenvalue weighted by Gasteiger charge is 2.56. The number of carbonyl (C=O) groups is 1. The maximum absolute atomic E-state index is 12.5. The molecule has 0 amide bonds. The minimum absolute atomic E-state index is 0.00150. The van der Waals surface area contributed by atoms with Crippen molar-refractivity contribution in [2.24, 2.45) is 22.7 Å². The quantitative estimate of drug-likeness (QED) is 0.565. The average molecular weight is 330 g/mol.